The van der Waals surface area contributed by atoms with Gasteiger partial charge in [-0.15, -0.1) is 0 Å². The van der Waals surface area contributed by atoms with Crippen LogP contribution in [0.5, 0.6) is 0 Å². The van der Waals surface area contributed by atoms with E-state index in [-0.39, 0.29) is 22.9 Å². The molecule has 25 heavy (non-hydrogen) atoms. The second-order valence-electron chi connectivity index (χ2n) is 10.5. The first-order chi connectivity index (χ1) is 11.5. The maximum atomic E-state index is 11.4. The first-order valence-corrected chi connectivity index (χ1v) is 10.3. The van der Waals surface area contributed by atoms with Crippen LogP contribution in [-0.4, -0.2) is 23.8 Å². The molecule has 3 aliphatic carbocycles. The number of fused-ring (bicyclic) bond motifs is 3. The Hall–Kier alpha value is -0.570. The molecule has 3 fully saturated rings. The van der Waals surface area contributed by atoms with Gasteiger partial charge in [0, 0.05) is 12.8 Å². The normalized spacial score (nSPS) is 49.0. The summed E-state index contributed by atoms with van der Waals surface area (Å²) in [5.41, 5.74) is 0.545. The van der Waals surface area contributed by atoms with Crippen LogP contribution < -0.4 is 0 Å². The molecular weight excluding hydrogens is 312 g/mol. The number of esters is 1. The summed E-state index contributed by atoms with van der Waals surface area (Å²) in [4.78, 5) is 11.4. The lowest BCUT2D eigenvalue weighted by Crippen LogP contribution is -2.62. The van der Waals surface area contributed by atoms with Crippen LogP contribution in [0.1, 0.15) is 80.1 Å². The number of rotatable bonds is 2. The van der Waals surface area contributed by atoms with E-state index in [4.69, 9.17) is 4.74 Å². The molecule has 7 atom stereocenters. The van der Waals surface area contributed by atoms with Crippen LogP contribution >= 0.6 is 0 Å². The molecule has 0 aliphatic heterocycles. The standard InChI is InChI=1S/C22H38O3/c1-14-7-8-18-21(5,16(14)13-25-15(2)23)11-9-17-20(3,4)19(24)10-12-22(17,18)6/h14,16-19,24H,7-13H2,1-6H3/t14-,16-,17+,18+,19+,21+,22+/m1/s1. The minimum Gasteiger partial charge on any atom is -0.466 e. The first kappa shape index (κ1) is 19.2. The number of carbonyl (C=O) groups excluding carboxylic acids is 1. The van der Waals surface area contributed by atoms with Gasteiger partial charge in [0.05, 0.1) is 12.7 Å². The molecular formula is C22H38O3. The molecule has 3 heteroatoms. The zero-order valence-electron chi connectivity index (χ0n) is 17.1. The molecule has 0 heterocycles. The van der Waals surface area contributed by atoms with Crippen molar-refractivity contribution < 1.29 is 14.6 Å². The Morgan fingerprint density at radius 1 is 1.00 bits per heavy atom. The average Bonchev–Trinajstić information content (AvgIpc) is 2.50. The molecule has 0 aromatic rings. The smallest absolute Gasteiger partial charge is 0.302 e. The van der Waals surface area contributed by atoms with Gasteiger partial charge in [0.15, 0.2) is 0 Å². The van der Waals surface area contributed by atoms with Crippen molar-refractivity contribution in [3.8, 4) is 0 Å². The fourth-order valence-corrected chi connectivity index (χ4v) is 7.52. The molecule has 1 N–H and O–H groups in total. The molecule has 0 saturated heterocycles. The molecule has 0 spiro atoms. The van der Waals surface area contributed by atoms with Crippen LogP contribution in [-0.2, 0) is 9.53 Å². The van der Waals surface area contributed by atoms with Crippen molar-refractivity contribution in [2.24, 2.45) is 39.9 Å². The minimum absolute atomic E-state index is 0.00275. The van der Waals surface area contributed by atoms with Gasteiger partial charge in [-0.1, -0.05) is 34.6 Å². The SMILES string of the molecule is CC(=O)OC[C@@H]1[C@H](C)CC[C@H]2[C@@]1(C)CC[C@H]1C(C)(C)[C@@H](O)CC[C@]21C. The van der Waals surface area contributed by atoms with Gasteiger partial charge in [-0.3, -0.25) is 4.79 Å². The molecule has 3 rings (SSSR count). The monoisotopic (exact) mass is 350 g/mol. The van der Waals surface area contributed by atoms with Gasteiger partial charge >= 0.3 is 5.97 Å². The van der Waals surface area contributed by atoms with Crippen molar-refractivity contribution >= 4 is 5.97 Å². The van der Waals surface area contributed by atoms with Gasteiger partial charge in [0.2, 0.25) is 0 Å². The Labute approximate surface area is 153 Å². The fraction of sp³-hybridized carbons (Fsp3) is 0.955. The van der Waals surface area contributed by atoms with Gasteiger partial charge < -0.3 is 9.84 Å². The van der Waals surface area contributed by atoms with Gasteiger partial charge in [0.25, 0.3) is 0 Å². The summed E-state index contributed by atoms with van der Waals surface area (Å²) in [5.74, 6) is 2.18. The summed E-state index contributed by atoms with van der Waals surface area (Å²) in [6.07, 6.45) is 6.80. The highest BCUT2D eigenvalue weighted by Crippen LogP contribution is 2.69. The molecule has 3 saturated carbocycles. The van der Waals surface area contributed by atoms with Gasteiger partial charge in [-0.25, -0.2) is 0 Å². The van der Waals surface area contributed by atoms with Crippen molar-refractivity contribution in [2.45, 2.75) is 86.2 Å². The Morgan fingerprint density at radius 3 is 2.28 bits per heavy atom. The van der Waals surface area contributed by atoms with E-state index in [0.717, 1.165) is 12.8 Å². The number of aliphatic hydroxyl groups excluding tert-OH is 1. The number of aliphatic hydroxyl groups is 1. The van der Waals surface area contributed by atoms with Crippen LogP contribution in [0, 0.1) is 39.9 Å². The minimum atomic E-state index is -0.172. The quantitative estimate of drug-likeness (QED) is 0.727. The van der Waals surface area contributed by atoms with E-state index < -0.39 is 0 Å². The number of hydrogen-bond acceptors (Lipinski definition) is 3. The molecule has 0 unspecified atom stereocenters. The van der Waals surface area contributed by atoms with Crippen molar-refractivity contribution in [3.05, 3.63) is 0 Å². The Morgan fingerprint density at radius 2 is 1.64 bits per heavy atom. The highest BCUT2D eigenvalue weighted by atomic mass is 16.5. The van der Waals surface area contributed by atoms with Crippen LogP contribution in [0.15, 0.2) is 0 Å². The van der Waals surface area contributed by atoms with Crippen molar-refractivity contribution in [2.75, 3.05) is 6.61 Å². The molecule has 0 radical (unpaired) electrons. The average molecular weight is 351 g/mol. The third-order valence-corrected chi connectivity index (χ3v) is 8.98. The van der Waals surface area contributed by atoms with Gasteiger partial charge in [-0.05, 0) is 72.5 Å². The molecule has 3 nitrogen and oxygen atoms in total. The summed E-state index contributed by atoms with van der Waals surface area (Å²) in [7, 11) is 0. The van der Waals surface area contributed by atoms with E-state index in [2.05, 4.69) is 34.6 Å². The highest BCUT2D eigenvalue weighted by Gasteiger charge is 2.63. The Kier molecular flexibility index (Phi) is 4.80. The van der Waals surface area contributed by atoms with E-state index in [0.29, 0.717) is 35.7 Å². The van der Waals surface area contributed by atoms with E-state index in [1.807, 2.05) is 0 Å². The largest absolute Gasteiger partial charge is 0.466 e. The van der Waals surface area contributed by atoms with Crippen molar-refractivity contribution in [1.29, 1.82) is 0 Å². The zero-order valence-corrected chi connectivity index (χ0v) is 17.1. The maximum absolute atomic E-state index is 11.4. The third kappa shape index (κ3) is 2.85. The zero-order chi connectivity index (χ0) is 18.6. The van der Waals surface area contributed by atoms with Crippen LogP contribution in [0.2, 0.25) is 0 Å². The number of ether oxygens (including phenoxy) is 1. The summed E-state index contributed by atoms with van der Waals surface area (Å²) in [6, 6.07) is 0. The number of hydrogen-bond donors (Lipinski definition) is 1. The van der Waals surface area contributed by atoms with Gasteiger partial charge in [-0.2, -0.15) is 0 Å². The van der Waals surface area contributed by atoms with E-state index >= 15 is 0 Å². The molecule has 3 aliphatic rings. The second-order valence-corrected chi connectivity index (χ2v) is 10.5. The lowest BCUT2D eigenvalue weighted by atomic mass is 9.38. The lowest BCUT2D eigenvalue weighted by molar-refractivity contribution is -0.205. The Bertz CT molecular complexity index is 527. The van der Waals surface area contributed by atoms with E-state index in [1.165, 1.54) is 32.6 Å². The second kappa shape index (κ2) is 6.25. The lowest BCUT2D eigenvalue weighted by Gasteiger charge is -2.67. The predicted molar refractivity (Wildman–Crippen MR) is 100.0 cm³/mol. The maximum Gasteiger partial charge on any atom is 0.302 e. The fourth-order valence-electron chi connectivity index (χ4n) is 7.52. The highest BCUT2D eigenvalue weighted by molar-refractivity contribution is 5.65. The Balaban J connectivity index is 1.93. The summed E-state index contributed by atoms with van der Waals surface area (Å²) in [6.45, 7) is 14.0. The molecule has 0 aromatic carbocycles. The van der Waals surface area contributed by atoms with E-state index in [9.17, 15) is 9.90 Å². The van der Waals surface area contributed by atoms with Crippen LogP contribution in [0.4, 0.5) is 0 Å². The van der Waals surface area contributed by atoms with Crippen LogP contribution in [0.3, 0.4) is 0 Å². The van der Waals surface area contributed by atoms with E-state index in [1.54, 1.807) is 0 Å². The topological polar surface area (TPSA) is 46.5 Å². The third-order valence-electron chi connectivity index (χ3n) is 8.98. The van der Waals surface area contributed by atoms with Gasteiger partial charge in [0.1, 0.15) is 0 Å². The molecule has 0 bridgehead atoms. The molecule has 0 aromatic heterocycles. The molecule has 144 valence electrons. The summed E-state index contributed by atoms with van der Waals surface area (Å²) >= 11 is 0. The molecule has 0 amide bonds. The van der Waals surface area contributed by atoms with Crippen molar-refractivity contribution in [3.63, 3.8) is 0 Å². The summed E-state index contributed by atoms with van der Waals surface area (Å²) < 4.78 is 5.51. The van der Waals surface area contributed by atoms with Crippen LogP contribution in [0.25, 0.3) is 0 Å². The summed E-state index contributed by atoms with van der Waals surface area (Å²) in [5, 5.41) is 10.6. The number of carbonyl (C=O) groups is 1. The predicted octanol–water partition coefficient (Wildman–Crippen LogP) is 4.82. The van der Waals surface area contributed by atoms with Crippen molar-refractivity contribution in [1.82, 2.24) is 0 Å². The first-order valence-electron chi connectivity index (χ1n) is 10.3.